The Morgan fingerprint density at radius 3 is 2.62 bits per heavy atom. The number of esters is 1. The van der Waals surface area contributed by atoms with Gasteiger partial charge in [-0.2, -0.15) is 4.98 Å². The van der Waals surface area contributed by atoms with Gasteiger partial charge in [0.05, 0.1) is 36.2 Å². The normalized spacial score (nSPS) is 14.0. The molecule has 1 aliphatic rings. The molecule has 0 atom stereocenters. The molecule has 3 heterocycles. The largest absolute Gasteiger partial charge is 0.492 e. The average molecular weight is 502 g/mol. The van der Waals surface area contributed by atoms with E-state index in [4.69, 9.17) is 14.5 Å². The van der Waals surface area contributed by atoms with Gasteiger partial charge in [-0.25, -0.2) is 9.78 Å². The monoisotopic (exact) mass is 501 g/mol. The maximum Gasteiger partial charge on any atom is 0.339 e. The Hall–Kier alpha value is -4.31. The van der Waals surface area contributed by atoms with Gasteiger partial charge in [0.15, 0.2) is 5.82 Å². The minimum Gasteiger partial charge on any atom is -0.492 e. The van der Waals surface area contributed by atoms with Crippen molar-refractivity contribution >= 4 is 45.8 Å². The maximum atomic E-state index is 12.3. The van der Waals surface area contributed by atoms with Crippen LogP contribution in [0.2, 0.25) is 0 Å². The molecule has 5 rings (SSSR count). The lowest BCUT2D eigenvalue weighted by atomic mass is 10.2. The summed E-state index contributed by atoms with van der Waals surface area (Å²) in [6.07, 6.45) is 1.80. The summed E-state index contributed by atoms with van der Waals surface area (Å²) in [5.74, 6) is 1.24. The molecular formula is C27H31N7O3. The van der Waals surface area contributed by atoms with Crippen molar-refractivity contribution < 1.29 is 14.3 Å². The predicted octanol–water partition coefficient (Wildman–Crippen LogP) is 4.38. The second kappa shape index (κ2) is 10.8. The highest BCUT2D eigenvalue weighted by molar-refractivity contribution is 5.98. The van der Waals surface area contributed by atoms with E-state index in [0.29, 0.717) is 29.6 Å². The summed E-state index contributed by atoms with van der Waals surface area (Å²) >= 11 is 0. The predicted molar refractivity (Wildman–Crippen MR) is 146 cm³/mol. The van der Waals surface area contributed by atoms with Crippen LogP contribution in [0.1, 0.15) is 17.3 Å². The summed E-state index contributed by atoms with van der Waals surface area (Å²) in [5, 5.41) is 6.61. The molecule has 192 valence electrons. The highest BCUT2D eigenvalue weighted by Gasteiger charge is 2.18. The molecule has 2 aromatic heterocycles. The van der Waals surface area contributed by atoms with Gasteiger partial charge in [0.25, 0.3) is 0 Å². The van der Waals surface area contributed by atoms with Gasteiger partial charge in [-0.05, 0) is 44.3 Å². The van der Waals surface area contributed by atoms with Gasteiger partial charge in [-0.1, -0.05) is 12.1 Å². The topological polar surface area (TPSA) is 108 Å². The first kappa shape index (κ1) is 24.4. The second-order valence-electron chi connectivity index (χ2n) is 8.82. The number of piperazine rings is 1. The van der Waals surface area contributed by atoms with E-state index in [1.165, 1.54) is 7.11 Å². The number of rotatable bonds is 8. The summed E-state index contributed by atoms with van der Waals surface area (Å²) in [6, 6.07) is 15.2. The molecule has 10 nitrogen and oxygen atoms in total. The summed E-state index contributed by atoms with van der Waals surface area (Å²) in [5.41, 5.74) is 4.35. The van der Waals surface area contributed by atoms with Crippen LogP contribution >= 0.6 is 0 Å². The standard InChI is InChI=1S/C27H31N7O3/c1-4-37-23-17-18(34-15-13-33(2)14-16-34)9-10-21(23)30-27-31-22-11-12-28-24(22)25(32-27)29-20-8-6-5-7-19(20)26(35)36-3/h5-12,17,28H,4,13-16H2,1-3H3,(H2,29,30,31,32). The molecule has 1 aliphatic heterocycles. The lowest BCUT2D eigenvalue weighted by Gasteiger charge is -2.34. The number of benzene rings is 2. The number of nitrogens with zero attached hydrogens (tertiary/aromatic N) is 4. The van der Waals surface area contributed by atoms with E-state index in [1.54, 1.807) is 24.4 Å². The number of nitrogens with one attached hydrogen (secondary N) is 3. The Balaban J connectivity index is 1.45. The van der Waals surface area contributed by atoms with Crippen molar-refractivity contribution in [2.75, 3.05) is 62.5 Å². The van der Waals surface area contributed by atoms with Gasteiger partial charge < -0.3 is 34.9 Å². The van der Waals surface area contributed by atoms with Gasteiger partial charge >= 0.3 is 5.97 Å². The van der Waals surface area contributed by atoms with Crippen LogP contribution in [-0.4, -0.2) is 72.8 Å². The zero-order valence-corrected chi connectivity index (χ0v) is 21.2. The van der Waals surface area contributed by atoms with Crippen molar-refractivity contribution in [3.05, 3.63) is 60.3 Å². The van der Waals surface area contributed by atoms with Crippen LogP contribution < -0.4 is 20.3 Å². The molecule has 2 aromatic carbocycles. The molecular weight excluding hydrogens is 470 g/mol. The molecule has 1 fully saturated rings. The number of anilines is 5. The Morgan fingerprint density at radius 2 is 1.84 bits per heavy atom. The van der Waals surface area contributed by atoms with E-state index in [9.17, 15) is 4.79 Å². The van der Waals surface area contributed by atoms with Crippen molar-refractivity contribution in [3.8, 4) is 5.75 Å². The van der Waals surface area contributed by atoms with E-state index >= 15 is 0 Å². The summed E-state index contributed by atoms with van der Waals surface area (Å²) < 4.78 is 10.9. The van der Waals surface area contributed by atoms with Crippen LogP contribution in [0.3, 0.4) is 0 Å². The summed E-state index contributed by atoms with van der Waals surface area (Å²) in [4.78, 5) is 29.5. The Kier molecular flexibility index (Phi) is 7.09. The third-order valence-corrected chi connectivity index (χ3v) is 6.37. The third-order valence-electron chi connectivity index (χ3n) is 6.37. The van der Waals surface area contributed by atoms with Crippen LogP contribution in [0.25, 0.3) is 11.0 Å². The molecule has 0 bridgehead atoms. The Labute approximate surface area is 215 Å². The molecule has 1 saturated heterocycles. The van der Waals surface area contributed by atoms with E-state index < -0.39 is 5.97 Å². The molecule has 0 aliphatic carbocycles. The zero-order valence-electron chi connectivity index (χ0n) is 21.2. The molecule has 3 N–H and O–H groups in total. The number of aromatic amines is 1. The molecule has 0 saturated carbocycles. The van der Waals surface area contributed by atoms with Gasteiger partial charge in [0.2, 0.25) is 5.95 Å². The van der Waals surface area contributed by atoms with Crippen LogP contribution in [0.5, 0.6) is 5.75 Å². The first-order valence-corrected chi connectivity index (χ1v) is 12.3. The first-order chi connectivity index (χ1) is 18.1. The number of hydrogen-bond acceptors (Lipinski definition) is 9. The van der Waals surface area contributed by atoms with Crippen molar-refractivity contribution in [3.63, 3.8) is 0 Å². The number of fused-ring (bicyclic) bond motifs is 1. The zero-order chi connectivity index (χ0) is 25.8. The number of hydrogen-bond donors (Lipinski definition) is 3. The Bertz CT molecular complexity index is 1400. The fraction of sp³-hybridized carbons (Fsp3) is 0.296. The molecule has 10 heteroatoms. The lowest BCUT2D eigenvalue weighted by Crippen LogP contribution is -2.44. The number of methoxy groups -OCH3 is 1. The first-order valence-electron chi connectivity index (χ1n) is 12.3. The van der Waals surface area contributed by atoms with E-state index in [0.717, 1.165) is 54.3 Å². The molecule has 4 aromatic rings. The van der Waals surface area contributed by atoms with Crippen molar-refractivity contribution in [2.45, 2.75) is 6.92 Å². The molecule has 0 amide bonds. The van der Waals surface area contributed by atoms with Gasteiger partial charge in [0.1, 0.15) is 11.3 Å². The van der Waals surface area contributed by atoms with Gasteiger partial charge in [-0.3, -0.25) is 0 Å². The van der Waals surface area contributed by atoms with E-state index in [2.05, 4.69) is 49.6 Å². The number of likely N-dealkylation sites (N-methyl/N-ethyl adjacent to an activating group) is 1. The number of carbonyl (C=O) groups is 1. The molecule has 0 unspecified atom stereocenters. The highest BCUT2D eigenvalue weighted by atomic mass is 16.5. The number of aromatic nitrogens is 3. The fourth-order valence-electron chi connectivity index (χ4n) is 4.37. The Morgan fingerprint density at radius 1 is 1.03 bits per heavy atom. The average Bonchev–Trinajstić information content (AvgIpc) is 3.39. The van der Waals surface area contributed by atoms with E-state index in [1.807, 2.05) is 25.1 Å². The third kappa shape index (κ3) is 5.29. The SMILES string of the molecule is CCOc1cc(N2CCN(C)CC2)ccc1Nc1nc(Nc2ccccc2C(=O)OC)c2[nH]ccc2n1. The second-order valence-corrected chi connectivity index (χ2v) is 8.82. The van der Waals surface area contributed by atoms with Crippen LogP contribution in [0.15, 0.2) is 54.7 Å². The van der Waals surface area contributed by atoms with Crippen LogP contribution in [0, 0.1) is 0 Å². The van der Waals surface area contributed by atoms with Gasteiger partial charge in [0, 0.05) is 44.1 Å². The summed E-state index contributed by atoms with van der Waals surface area (Å²) in [7, 11) is 3.51. The lowest BCUT2D eigenvalue weighted by molar-refractivity contribution is 0.0602. The maximum absolute atomic E-state index is 12.3. The van der Waals surface area contributed by atoms with Crippen LogP contribution in [-0.2, 0) is 4.74 Å². The van der Waals surface area contributed by atoms with Crippen LogP contribution in [0.4, 0.5) is 28.8 Å². The minimum atomic E-state index is -0.431. The molecule has 37 heavy (non-hydrogen) atoms. The van der Waals surface area contributed by atoms with Gasteiger partial charge in [-0.15, -0.1) is 0 Å². The fourth-order valence-corrected chi connectivity index (χ4v) is 4.37. The smallest absolute Gasteiger partial charge is 0.339 e. The molecule has 0 radical (unpaired) electrons. The number of para-hydroxylation sites is 1. The number of ether oxygens (including phenoxy) is 2. The van der Waals surface area contributed by atoms with Crippen molar-refractivity contribution in [2.24, 2.45) is 0 Å². The van der Waals surface area contributed by atoms with Crippen molar-refractivity contribution in [1.82, 2.24) is 19.9 Å². The van der Waals surface area contributed by atoms with Crippen molar-refractivity contribution in [1.29, 1.82) is 0 Å². The highest BCUT2D eigenvalue weighted by Crippen LogP contribution is 2.33. The quantitative estimate of drug-likeness (QED) is 0.303. The number of carbonyl (C=O) groups excluding carboxylic acids is 1. The molecule has 0 spiro atoms. The number of H-pyrrole nitrogens is 1. The summed E-state index contributed by atoms with van der Waals surface area (Å²) in [6.45, 7) is 6.52. The minimum absolute atomic E-state index is 0.401. The van der Waals surface area contributed by atoms with E-state index in [-0.39, 0.29) is 0 Å².